The van der Waals surface area contributed by atoms with E-state index < -0.39 is 0 Å². The van der Waals surface area contributed by atoms with Crippen molar-refractivity contribution in [3.63, 3.8) is 0 Å². The van der Waals surface area contributed by atoms with Crippen molar-refractivity contribution >= 4 is 34.8 Å². The van der Waals surface area contributed by atoms with Crippen LogP contribution in [0.3, 0.4) is 0 Å². The third-order valence-electron chi connectivity index (χ3n) is 2.00. The molecule has 2 aromatic rings. The fourth-order valence-electron chi connectivity index (χ4n) is 1.20. The van der Waals surface area contributed by atoms with Gasteiger partial charge in [0.2, 0.25) is 0 Å². The largest absolute Gasteiger partial charge is 0.152 e. The number of hydrogen-bond acceptors (Lipinski definition) is 2. The minimum atomic E-state index is 1.26. The summed E-state index contributed by atoms with van der Waals surface area (Å²) in [7, 11) is 0. The molecule has 2 heterocycles. The molecule has 0 saturated heterocycles. The third kappa shape index (κ3) is 3.65. The maximum absolute atomic E-state index is 2.13. The van der Waals surface area contributed by atoms with E-state index in [1.807, 2.05) is 12.2 Å². The van der Waals surface area contributed by atoms with Crippen LogP contribution in [0.2, 0.25) is 0 Å². The van der Waals surface area contributed by atoms with Gasteiger partial charge in [-0.05, 0) is 44.8 Å². The Morgan fingerprint density at radius 1 is 0.688 bits per heavy atom. The van der Waals surface area contributed by atoms with Crippen molar-refractivity contribution in [2.45, 2.75) is 0 Å². The quantitative estimate of drug-likeness (QED) is 0.657. The number of hydrogen-bond donors (Lipinski definition) is 0. The van der Waals surface area contributed by atoms with Gasteiger partial charge in [-0.25, -0.2) is 0 Å². The minimum absolute atomic E-state index is 1.26. The first-order valence-electron chi connectivity index (χ1n) is 5.01. The highest BCUT2D eigenvalue weighted by Crippen LogP contribution is 2.08. The summed E-state index contributed by atoms with van der Waals surface area (Å²) in [5.41, 5.74) is 2.52. The van der Waals surface area contributed by atoms with Crippen molar-refractivity contribution in [2.75, 3.05) is 0 Å². The van der Waals surface area contributed by atoms with Gasteiger partial charge in [-0.2, -0.15) is 22.7 Å². The summed E-state index contributed by atoms with van der Waals surface area (Å²) in [6.07, 6.45) is 12.4. The van der Waals surface area contributed by atoms with Crippen LogP contribution in [0, 0.1) is 0 Å². The van der Waals surface area contributed by atoms with Gasteiger partial charge in [0.25, 0.3) is 0 Å². The Hall–Kier alpha value is -1.38. The molecule has 0 aliphatic carbocycles. The van der Waals surface area contributed by atoms with Gasteiger partial charge < -0.3 is 0 Å². The molecule has 0 bridgehead atoms. The third-order valence-corrected chi connectivity index (χ3v) is 3.40. The van der Waals surface area contributed by atoms with Gasteiger partial charge in [0, 0.05) is 0 Å². The summed E-state index contributed by atoms with van der Waals surface area (Å²) in [4.78, 5) is 0. The monoisotopic (exact) mass is 244 g/mol. The first-order valence-corrected chi connectivity index (χ1v) is 6.89. The second-order valence-electron chi connectivity index (χ2n) is 3.22. The van der Waals surface area contributed by atoms with Crippen LogP contribution in [0.25, 0.3) is 12.2 Å². The molecule has 80 valence electrons. The van der Waals surface area contributed by atoms with Crippen LogP contribution in [-0.2, 0) is 0 Å². The van der Waals surface area contributed by atoms with Gasteiger partial charge in [0.05, 0.1) is 0 Å². The van der Waals surface area contributed by atoms with Crippen molar-refractivity contribution in [1.29, 1.82) is 0 Å². The topological polar surface area (TPSA) is 0 Å². The Morgan fingerprint density at radius 2 is 1.19 bits per heavy atom. The van der Waals surface area contributed by atoms with Gasteiger partial charge in [0.15, 0.2) is 0 Å². The first kappa shape index (κ1) is 11.1. The van der Waals surface area contributed by atoms with Gasteiger partial charge in [-0.15, -0.1) is 0 Å². The van der Waals surface area contributed by atoms with Crippen LogP contribution in [0.1, 0.15) is 11.1 Å². The van der Waals surface area contributed by atoms with Gasteiger partial charge in [-0.1, -0.05) is 36.5 Å². The van der Waals surface area contributed by atoms with Crippen LogP contribution >= 0.6 is 22.7 Å². The summed E-state index contributed by atoms with van der Waals surface area (Å²) >= 11 is 3.44. The van der Waals surface area contributed by atoms with E-state index in [9.17, 15) is 0 Å². The zero-order valence-corrected chi connectivity index (χ0v) is 10.4. The lowest BCUT2D eigenvalue weighted by molar-refractivity contribution is 1.84. The molecule has 2 rings (SSSR count). The standard InChI is InChI=1S/C14H12S2/c1(3-5-13-7-9-15-11-13)2-4-6-14-8-10-16-12-14/h1-12H/b2-1+,5-3+,6-4+. The number of thiophene rings is 2. The fraction of sp³-hybridized carbons (Fsp3) is 0. The first-order chi connectivity index (χ1) is 7.95. The highest BCUT2D eigenvalue weighted by Gasteiger charge is 1.82. The molecule has 0 atom stereocenters. The predicted octanol–water partition coefficient (Wildman–Crippen LogP) is 5.09. The van der Waals surface area contributed by atoms with E-state index in [-0.39, 0.29) is 0 Å². The molecule has 0 fully saturated rings. The van der Waals surface area contributed by atoms with Crippen molar-refractivity contribution in [3.05, 3.63) is 69.1 Å². The molecular weight excluding hydrogens is 232 g/mol. The summed E-state index contributed by atoms with van der Waals surface area (Å²) in [5, 5.41) is 8.43. The summed E-state index contributed by atoms with van der Waals surface area (Å²) in [5.74, 6) is 0. The molecule has 0 aromatic carbocycles. The van der Waals surface area contributed by atoms with Crippen LogP contribution in [0.4, 0.5) is 0 Å². The molecular formula is C14H12S2. The highest BCUT2D eigenvalue weighted by atomic mass is 32.1. The van der Waals surface area contributed by atoms with Gasteiger partial charge >= 0.3 is 0 Å². The second-order valence-corrected chi connectivity index (χ2v) is 4.78. The van der Waals surface area contributed by atoms with Crippen molar-refractivity contribution < 1.29 is 0 Å². The number of rotatable bonds is 4. The molecule has 0 aliphatic rings. The molecule has 0 radical (unpaired) electrons. The molecule has 2 aromatic heterocycles. The summed E-state index contributed by atoms with van der Waals surface area (Å²) in [6.45, 7) is 0. The second kappa shape index (κ2) is 6.26. The average Bonchev–Trinajstić information content (AvgIpc) is 2.96. The summed E-state index contributed by atoms with van der Waals surface area (Å²) in [6, 6.07) is 4.21. The minimum Gasteiger partial charge on any atom is -0.152 e. The van der Waals surface area contributed by atoms with E-state index in [1.54, 1.807) is 22.7 Å². The zero-order chi connectivity index (χ0) is 11.1. The van der Waals surface area contributed by atoms with E-state index in [0.717, 1.165) is 0 Å². The molecule has 0 spiro atoms. The fourth-order valence-corrected chi connectivity index (χ4v) is 2.46. The van der Waals surface area contributed by atoms with E-state index in [2.05, 4.69) is 58.0 Å². The molecule has 0 nitrogen and oxygen atoms in total. The molecule has 0 amide bonds. The normalized spacial score (nSPS) is 12.2. The Bertz CT molecular complexity index is 425. The lowest BCUT2D eigenvalue weighted by Gasteiger charge is -1.80. The molecule has 2 heteroatoms. The Balaban J connectivity index is 1.82. The lowest BCUT2D eigenvalue weighted by atomic mass is 10.3. The van der Waals surface area contributed by atoms with E-state index >= 15 is 0 Å². The van der Waals surface area contributed by atoms with Crippen LogP contribution in [0.5, 0.6) is 0 Å². The molecule has 16 heavy (non-hydrogen) atoms. The predicted molar refractivity (Wildman–Crippen MR) is 75.8 cm³/mol. The Kier molecular flexibility index (Phi) is 4.35. The highest BCUT2D eigenvalue weighted by molar-refractivity contribution is 7.08. The molecule has 0 saturated carbocycles. The Morgan fingerprint density at radius 3 is 1.56 bits per heavy atom. The molecule has 0 unspecified atom stereocenters. The summed E-state index contributed by atoms with van der Waals surface area (Å²) < 4.78 is 0. The average molecular weight is 244 g/mol. The lowest BCUT2D eigenvalue weighted by Crippen LogP contribution is -1.58. The van der Waals surface area contributed by atoms with Gasteiger partial charge in [-0.3, -0.25) is 0 Å². The molecule has 0 N–H and O–H groups in total. The maximum Gasteiger partial charge on any atom is -0.00208 e. The van der Waals surface area contributed by atoms with Crippen molar-refractivity contribution in [2.24, 2.45) is 0 Å². The van der Waals surface area contributed by atoms with Crippen LogP contribution in [0.15, 0.2) is 58.0 Å². The smallest absolute Gasteiger partial charge is 0.00208 e. The van der Waals surface area contributed by atoms with Gasteiger partial charge in [0.1, 0.15) is 0 Å². The molecule has 0 aliphatic heterocycles. The van der Waals surface area contributed by atoms with Crippen molar-refractivity contribution in [3.8, 4) is 0 Å². The van der Waals surface area contributed by atoms with Crippen LogP contribution < -0.4 is 0 Å². The van der Waals surface area contributed by atoms with E-state index in [4.69, 9.17) is 0 Å². The van der Waals surface area contributed by atoms with Crippen molar-refractivity contribution in [1.82, 2.24) is 0 Å². The SMILES string of the molecule is C(=C\C=C\c1ccsc1)/C=C/c1ccsc1. The maximum atomic E-state index is 2.13. The Labute approximate surface area is 104 Å². The van der Waals surface area contributed by atoms with E-state index in [0.29, 0.717) is 0 Å². The number of allylic oxidation sites excluding steroid dienone is 4. The van der Waals surface area contributed by atoms with Crippen LogP contribution in [-0.4, -0.2) is 0 Å². The zero-order valence-electron chi connectivity index (χ0n) is 8.74. The van der Waals surface area contributed by atoms with E-state index in [1.165, 1.54) is 11.1 Å².